The molecule has 29 heavy (non-hydrogen) atoms. The number of carbonyl (C=O) groups is 1. The van der Waals surface area contributed by atoms with Gasteiger partial charge in [0.2, 0.25) is 0 Å². The largest absolute Gasteiger partial charge is 0.385 e. The van der Waals surface area contributed by atoms with Crippen LogP contribution >= 0.6 is 15.9 Å². The molecular formula is C21H20BrFN4O2. The number of fused-ring (bicyclic) bond motifs is 1. The summed E-state index contributed by atoms with van der Waals surface area (Å²) < 4.78 is 15.1. The number of halogens is 2. The van der Waals surface area contributed by atoms with E-state index in [1.165, 1.54) is 6.07 Å². The fourth-order valence-electron chi connectivity index (χ4n) is 3.51. The summed E-state index contributed by atoms with van der Waals surface area (Å²) in [7, 11) is 0. The molecule has 1 amide bonds. The summed E-state index contributed by atoms with van der Waals surface area (Å²) >= 11 is 3.26. The van der Waals surface area contributed by atoms with E-state index in [0.29, 0.717) is 26.7 Å². The van der Waals surface area contributed by atoms with Gasteiger partial charge in [0.15, 0.2) is 0 Å². The van der Waals surface area contributed by atoms with Crippen LogP contribution in [0.3, 0.4) is 0 Å². The number of amides is 1. The average molecular weight is 459 g/mol. The first-order chi connectivity index (χ1) is 13.8. The van der Waals surface area contributed by atoms with E-state index in [-0.39, 0.29) is 31.2 Å². The van der Waals surface area contributed by atoms with Gasteiger partial charge in [0, 0.05) is 27.9 Å². The molecule has 0 saturated carbocycles. The zero-order valence-electron chi connectivity index (χ0n) is 15.8. The summed E-state index contributed by atoms with van der Waals surface area (Å²) in [5, 5.41) is 19.2. The summed E-state index contributed by atoms with van der Waals surface area (Å²) in [6, 6.07) is 9.71. The van der Waals surface area contributed by atoms with E-state index in [9.17, 15) is 14.3 Å². The molecule has 1 aliphatic rings. The molecule has 8 heteroatoms. The highest BCUT2D eigenvalue weighted by atomic mass is 79.9. The van der Waals surface area contributed by atoms with Crippen molar-refractivity contribution in [3.05, 3.63) is 69.6 Å². The van der Waals surface area contributed by atoms with Gasteiger partial charge >= 0.3 is 0 Å². The highest BCUT2D eigenvalue weighted by Crippen LogP contribution is 2.29. The summed E-state index contributed by atoms with van der Waals surface area (Å²) in [5.74, 6) is -0.575. The monoisotopic (exact) mass is 458 g/mol. The van der Waals surface area contributed by atoms with Gasteiger partial charge in [-0.3, -0.25) is 4.79 Å². The fourth-order valence-corrected chi connectivity index (χ4v) is 3.84. The molecule has 6 nitrogen and oxygen atoms in total. The number of β-amino-alcohol motifs (C(OH)–C–C–N with tert-alkyl or cyclic N) is 1. The summed E-state index contributed by atoms with van der Waals surface area (Å²) in [5.41, 5.74) is 6.96. The number of carbonyl (C=O) groups excluding carboxylic acids is 1. The zero-order valence-corrected chi connectivity index (χ0v) is 17.4. The Labute approximate surface area is 175 Å². The van der Waals surface area contributed by atoms with E-state index >= 15 is 0 Å². The number of aromatic nitrogens is 2. The first-order valence-electron chi connectivity index (χ1n) is 9.22. The quantitative estimate of drug-likeness (QED) is 0.626. The lowest BCUT2D eigenvalue weighted by Gasteiger charge is -2.48. The van der Waals surface area contributed by atoms with Crippen LogP contribution in [-0.4, -0.2) is 50.8 Å². The second-order valence-corrected chi connectivity index (χ2v) is 8.48. The molecule has 0 radical (unpaired) electrons. The van der Waals surface area contributed by atoms with E-state index in [1.54, 1.807) is 48.4 Å². The third kappa shape index (κ3) is 3.75. The van der Waals surface area contributed by atoms with Crippen molar-refractivity contribution in [3.8, 4) is 0 Å². The Morgan fingerprint density at radius 1 is 1.31 bits per heavy atom. The van der Waals surface area contributed by atoms with Crippen LogP contribution in [0.4, 0.5) is 4.39 Å². The van der Waals surface area contributed by atoms with E-state index in [4.69, 9.17) is 5.73 Å². The molecule has 1 aromatic heterocycles. The van der Waals surface area contributed by atoms with Crippen LogP contribution in [-0.2, 0) is 6.42 Å². The summed E-state index contributed by atoms with van der Waals surface area (Å²) in [6.07, 6.45) is 1.79. The molecule has 1 saturated heterocycles. The van der Waals surface area contributed by atoms with Gasteiger partial charge in [-0.15, -0.1) is 0 Å². The Balaban J connectivity index is 1.72. The molecule has 2 heterocycles. The normalized spacial score (nSPS) is 16.5. The van der Waals surface area contributed by atoms with Crippen LogP contribution in [0, 0.1) is 5.82 Å². The first-order valence-corrected chi connectivity index (χ1v) is 10.0. The van der Waals surface area contributed by atoms with E-state index in [0.717, 1.165) is 5.39 Å². The maximum atomic E-state index is 14.4. The number of likely N-dealkylation sites (tertiary alicyclic amines) is 1. The molecule has 0 bridgehead atoms. The number of hydrogen-bond acceptors (Lipinski definition) is 5. The van der Waals surface area contributed by atoms with E-state index in [1.807, 2.05) is 0 Å². The van der Waals surface area contributed by atoms with Gasteiger partial charge in [0.05, 0.1) is 24.8 Å². The van der Waals surface area contributed by atoms with Gasteiger partial charge in [-0.05, 0) is 48.4 Å². The van der Waals surface area contributed by atoms with Crippen molar-refractivity contribution >= 4 is 32.7 Å². The Hall–Kier alpha value is -2.42. The van der Waals surface area contributed by atoms with Gasteiger partial charge in [-0.25, -0.2) is 4.39 Å². The Morgan fingerprint density at radius 2 is 2.07 bits per heavy atom. The molecule has 4 rings (SSSR count). The smallest absolute Gasteiger partial charge is 0.254 e. The molecule has 150 valence electrons. The number of nitrogens with zero attached hydrogens (tertiary/aromatic N) is 3. The topological polar surface area (TPSA) is 92.3 Å². The number of benzene rings is 2. The van der Waals surface area contributed by atoms with Crippen molar-refractivity contribution in [1.29, 1.82) is 0 Å². The van der Waals surface area contributed by atoms with Crippen molar-refractivity contribution in [2.45, 2.75) is 25.0 Å². The molecular weight excluding hydrogens is 439 g/mol. The molecule has 2 aromatic carbocycles. The Morgan fingerprint density at radius 3 is 2.76 bits per heavy atom. The third-order valence-corrected chi connectivity index (χ3v) is 5.92. The van der Waals surface area contributed by atoms with E-state index in [2.05, 4.69) is 26.1 Å². The van der Waals surface area contributed by atoms with Crippen molar-refractivity contribution in [1.82, 2.24) is 15.1 Å². The lowest BCUT2D eigenvalue weighted by molar-refractivity contribution is -0.0931. The van der Waals surface area contributed by atoms with Crippen LogP contribution < -0.4 is 5.73 Å². The molecule has 1 fully saturated rings. The van der Waals surface area contributed by atoms with Gasteiger partial charge in [-0.2, -0.15) is 10.2 Å². The molecule has 3 aromatic rings. The van der Waals surface area contributed by atoms with E-state index < -0.39 is 11.6 Å². The van der Waals surface area contributed by atoms with Crippen LogP contribution in [0.25, 0.3) is 10.9 Å². The molecule has 0 aliphatic carbocycles. The van der Waals surface area contributed by atoms with Crippen molar-refractivity contribution in [3.63, 3.8) is 0 Å². The highest BCUT2D eigenvalue weighted by Gasteiger charge is 2.46. The second-order valence-electron chi connectivity index (χ2n) is 7.57. The van der Waals surface area contributed by atoms with Crippen molar-refractivity contribution < 1.29 is 14.3 Å². The van der Waals surface area contributed by atoms with Gasteiger partial charge in [-0.1, -0.05) is 22.0 Å². The van der Waals surface area contributed by atoms with Crippen LogP contribution in [0.5, 0.6) is 0 Å². The zero-order chi connectivity index (χ0) is 20.8. The minimum Gasteiger partial charge on any atom is -0.385 e. The molecule has 3 N–H and O–H groups in total. The number of hydrogen-bond donors (Lipinski definition) is 2. The van der Waals surface area contributed by atoms with Crippen molar-refractivity contribution in [2.24, 2.45) is 5.73 Å². The predicted molar refractivity (Wildman–Crippen MR) is 111 cm³/mol. The summed E-state index contributed by atoms with van der Waals surface area (Å²) in [4.78, 5) is 14.7. The lowest BCUT2D eigenvalue weighted by atomic mass is 9.86. The van der Waals surface area contributed by atoms with Gasteiger partial charge < -0.3 is 15.7 Å². The van der Waals surface area contributed by atoms with Crippen molar-refractivity contribution in [2.75, 3.05) is 13.1 Å². The van der Waals surface area contributed by atoms with Crippen LogP contribution in [0.1, 0.15) is 28.4 Å². The number of aliphatic hydroxyl groups is 1. The van der Waals surface area contributed by atoms with Gasteiger partial charge in [0.25, 0.3) is 5.91 Å². The summed E-state index contributed by atoms with van der Waals surface area (Å²) in [6.45, 7) is 2.06. The van der Waals surface area contributed by atoms with Gasteiger partial charge in [0.1, 0.15) is 11.4 Å². The average Bonchev–Trinajstić information content (AvgIpc) is 2.66. The Kier molecular flexibility index (Phi) is 5.10. The molecule has 1 atom stereocenters. The fraction of sp³-hybridized carbons (Fsp3) is 0.286. The standard InChI is InChI=1S/C21H20BrFN4O2/c1-12(24)21(29)10-27(11-21)20(28)17-7-14-4-5-25-26-19(14)8-15(17)6-13-2-3-16(22)9-18(13)23/h2-5,7-9,12,29H,6,10-11,24H2,1H3/t12-/m0/s1. The highest BCUT2D eigenvalue weighted by molar-refractivity contribution is 9.10. The SMILES string of the molecule is C[C@H](N)C1(O)CN(C(=O)c2cc3ccnnc3cc2Cc2ccc(Br)cc2F)C1. The molecule has 1 aliphatic heterocycles. The second kappa shape index (κ2) is 7.44. The lowest BCUT2D eigenvalue weighted by Crippen LogP contribution is -2.70. The third-order valence-electron chi connectivity index (χ3n) is 5.43. The minimum atomic E-state index is -1.07. The maximum Gasteiger partial charge on any atom is 0.254 e. The van der Waals surface area contributed by atoms with Crippen LogP contribution in [0.15, 0.2) is 47.1 Å². The maximum absolute atomic E-state index is 14.4. The molecule has 0 unspecified atom stereocenters. The predicted octanol–water partition coefficient (Wildman–Crippen LogP) is 2.66. The Bertz CT molecular complexity index is 1100. The number of rotatable bonds is 4. The minimum absolute atomic E-state index is 0.169. The number of nitrogens with two attached hydrogens (primary N) is 1. The molecule has 0 spiro atoms. The van der Waals surface area contributed by atoms with Crippen LogP contribution in [0.2, 0.25) is 0 Å². The first kappa shape index (κ1) is 19.9.